The molecular formula is C16H12BrClN4O. The van der Waals surface area contributed by atoms with E-state index in [2.05, 4.69) is 31.6 Å². The quantitative estimate of drug-likeness (QED) is 0.731. The van der Waals surface area contributed by atoms with Crippen molar-refractivity contribution in [2.45, 2.75) is 6.54 Å². The second-order valence-corrected chi connectivity index (χ2v) is 6.19. The molecule has 0 aliphatic rings. The van der Waals surface area contributed by atoms with Crippen LogP contribution in [0.15, 0.2) is 59.2 Å². The molecule has 0 aliphatic carbocycles. The number of nitrogens with zero attached hydrogens (tertiary/aromatic N) is 3. The van der Waals surface area contributed by atoms with Crippen LogP contribution >= 0.6 is 27.5 Å². The van der Waals surface area contributed by atoms with Crippen LogP contribution in [0.25, 0.3) is 0 Å². The Hall–Kier alpha value is -2.18. The molecule has 1 aromatic heterocycles. The molecule has 1 amide bonds. The zero-order valence-electron chi connectivity index (χ0n) is 11.9. The number of rotatable bonds is 4. The first-order valence-corrected chi connectivity index (χ1v) is 7.99. The number of anilines is 1. The van der Waals surface area contributed by atoms with Crippen molar-refractivity contribution in [2.24, 2.45) is 0 Å². The maximum Gasteiger partial charge on any atom is 0.277 e. The van der Waals surface area contributed by atoms with Crippen LogP contribution < -0.4 is 5.32 Å². The summed E-state index contributed by atoms with van der Waals surface area (Å²) in [5.41, 5.74) is 1.85. The van der Waals surface area contributed by atoms with Gasteiger partial charge in [-0.2, -0.15) is 0 Å². The van der Waals surface area contributed by atoms with Gasteiger partial charge in [-0.3, -0.25) is 4.79 Å². The summed E-state index contributed by atoms with van der Waals surface area (Å²) >= 11 is 9.41. The molecule has 3 aromatic rings. The zero-order chi connectivity index (χ0) is 16.2. The van der Waals surface area contributed by atoms with Crippen molar-refractivity contribution in [3.05, 3.63) is 75.5 Å². The molecule has 0 saturated carbocycles. The third-order valence-electron chi connectivity index (χ3n) is 3.14. The number of halogens is 2. The molecule has 3 rings (SSSR count). The summed E-state index contributed by atoms with van der Waals surface area (Å²) in [4.78, 5) is 12.2. The highest BCUT2D eigenvalue weighted by Gasteiger charge is 2.13. The van der Waals surface area contributed by atoms with E-state index < -0.39 is 0 Å². The van der Waals surface area contributed by atoms with Gasteiger partial charge >= 0.3 is 0 Å². The van der Waals surface area contributed by atoms with Gasteiger partial charge < -0.3 is 5.32 Å². The fourth-order valence-corrected chi connectivity index (χ4v) is 2.75. The van der Waals surface area contributed by atoms with Gasteiger partial charge in [-0.15, -0.1) is 5.10 Å². The molecule has 5 nitrogen and oxygen atoms in total. The second kappa shape index (κ2) is 6.93. The molecule has 7 heteroatoms. The highest BCUT2D eigenvalue weighted by molar-refractivity contribution is 9.10. The van der Waals surface area contributed by atoms with Crippen LogP contribution in [0.5, 0.6) is 0 Å². The summed E-state index contributed by atoms with van der Waals surface area (Å²) in [6.45, 7) is 0.556. The van der Waals surface area contributed by atoms with E-state index in [0.29, 0.717) is 17.3 Å². The topological polar surface area (TPSA) is 59.8 Å². The Labute approximate surface area is 146 Å². The van der Waals surface area contributed by atoms with E-state index in [0.717, 1.165) is 10.0 Å². The predicted octanol–water partition coefficient (Wildman–Crippen LogP) is 3.99. The average molecular weight is 392 g/mol. The molecular weight excluding hydrogens is 380 g/mol. The first-order chi connectivity index (χ1) is 11.1. The van der Waals surface area contributed by atoms with Crippen LogP contribution in [0.2, 0.25) is 5.02 Å². The largest absolute Gasteiger partial charge is 0.319 e. The lowest BCUT2D eigenvalue weighted by Gasteiger charge is -2.05. The Morgan fingerprint density at radius 1 is 1.22 bits per heavy atom. The van der Waals surface area contributed by atoms with E-state index in [1.54, 1.807) is 29.1 Å². The zero-order valence-corrected chi connectivity index (χ0v) is 14.3. The van der Waals surface area contributed by atoms with Gasteiger partial charge in [0.25, 0.3) is 5.91 Å². The average Bonchev–Trinajstić information content (AvgIpc) is 3.00. The fraction of sp³-hybridized carbons (Fsp3) is 0.0625. The highest BCUT2D eigenvalue weighted by Crippen LogP contribution is 2.25. The molecule has 0 radical (unpaired) electrons. The van der Waals surface area contributed by atoms with Gasteiger partial charge in [0.05, 0.1) is 23.5 Å². The van der Waals surface area contributed by atoms with Gasteiger partial charge in [-0.25, -0.2) is 4.68 Å². The minimum absolute atomic E-state index is 0.236. The fourth-order valence-electron chi connectivity index (χ4n) is 2.03. The summed E-state index contributed by atoms with van der Waals surface area (Å²) in [6.07, 6.45) is 1.61. The number of carbonyl (C=O) groups excluding carboxylic acids is 1. The van der Waals surface area contributed by atoms with Crippen LogP contribution in [-0.2, 0) is 6.54 Å². The van der Waals surface area contributed by atoms with E-state index in [-0.39, 0.29) is 11.6 Å². The summed E-state index contributed by atoms with van der Waals surface area (Å²) in [5.74, 6) is -0.353. The Balaban J connectivity index is 1.71. The summed E-state index contributed by atoms with van der Waals surface area (Å²) in [5, 5.41) is 11.1. The normalized spacial score (nSPS) is 10.5. The first-order valence-electron chi connectivity index (χ1n) is 6.82. The maximum absolute atomic E-state index is 12.2. The molecule has 0 atom stereocenters. The van der Waals surface area contributed by atoms with E-state index in [9.17, 15) is 4.79 Å². The number of hydrogen-bond donors (Lipinski definition) is 1. The molecule has 0 fully saturated rings. The number of carbonyl (C=O) groups is 1. The summed E-state index contributed by atoms with van der Waals surface area (Å²) < 4.78 is 2.46. The molecule has 0 aliphatic heterocycles. The van der Waals surface area contributed by atoms with Crippen molar-refractivity contribution >= 4 is 39.1 Å². The number of amides is 1. The van der Waals surface area contributed by atoms with Crippen molar-refractivity contribution < 1.29 is 4.79 Å². The molecule has 1 heterocycles. The maximum atomic E-state index is 12.2. The Bertz CT molecular complexity index is 835. The van der Waals surface area contributed by atoms with E-state index >= 15 is 0 Å². The highest BCUT2D eigenvalue weighted by atomic mass is 79.9. The smallest absolute Gasteiger partial charge is 0.277 e. The minimum atomic E-state index is -0.353. The van der Waals surface area contributed by atoms with Crippen molar-refractivity contribution in [1.82, 2.24) is 15.0 Å². The van der Waals surface area contributed by atoms with Crippen molar-refractivity contribution in [3.63, 3.8) is 0 Å². The molecule has 0 saturated heterocycles. The van der Waals surface area contributed by atoms with Crippen molar-refractivity contribution in [2.75, 3.05) is 5.32 Å². The van der Waals surface area contributed by atoms with E-state index in [1.807, 2.05) is 30.3 Å². The van der Waals surface area contributed by atoms with Crippen molar-refractivity contribution in [1.29, 1.82) is 0 Å². The number of aromatic nitrogens is 3. The standard InChI is InChI=1S/C16H12BrClN4O/c17-12-6-7-14(13(18)8-12)19-16(23)15-10-22(21-20-15)9-11-4-2-1-3-5-11/h1-8,10H,9H2,(H,19,23). The Kier molecular flexibility index (Phi) is 4.73. The van der Waals surface area contributed by atoms with Crippen LogP contribution in [0, 0.1) is 0 Å². The SMILES string of the molecule is O=C(Nc1ccc(Br)cc1Cl)c1cn(Cc2ccccc2)nn1. The lowest BCUT2D eigenvalue weighted by molar-refractivity contribution is 0.102. The number of benzene rings is 2. The predicted molar refractivity (Wildman–Crippen MR) is 92.7 cm³/mol. The summed E-state index contributed by atoms with van der Waals surface area (Å²) in [7, 11) is 0. The van der Waals surface area contributed by atoms with Crippen LogP contribution in [0.4, 0.5) is 5.69 Å². The van der Waals surface area contributed by atoms with Gasteiger partial charge in [0.15, 0.2) is 5.69 Å². The molecule has 0 unspecified atom stereocenters. The molecule has 1 N–H and O–H groups in total. The van der Waals surface area contributed by atoms with Crippen molar-refractivity contribution in [3.8, 4) is 0 Å². The minimum Gasteiger partial charge on any atom is -0.319 e. The summed E-state index contributed by atoms with van der Waals surface area (Å²) in [6, 6.07) is 15.1. The molecule has 0 spiro atoms. The van der Waals surface area contributed by atoms with E-state index in [4.69, 9.17) is 11.6 Å². The van der Waals surface area contributed by atoms with Gasteiger partial charge in [0, 0.05) is 4.47 Å². The monoisotopic (exact) mass is 390 g/mol. The molecule has 0 bridgehead atoms. The van der Waals surface area contributed by atoms with Crippen LogP contribution in [0.3, 0.4) is 0 Å². The second-order valence-electron chi connectivity index (χ2n) is 4.87. The van der Waals surface area contributed by atoms with Gasteiger partial charge in [-0.1, -0.05) is 63.1 Å². The number of hydrogen-bond acceptors (Lipinski definition) is 3. The van der Waals surface area contributed by atoms with Gasteiger partial charge in [-0.05, 0) is 23.8 Å². The van der Waals surface area contributed by atoms with Gasteiger partial charge in [0.1, 0.15) is 0 Å². The lowest BCUT2D eigenvalue weighted by Crippen LogP contribution is -2.12. The molecule has 23 heavy (non-hydrogen) atoms. The first kappa shape index (κ1) is 15.7. The van der Waals surface area contributed by atoms with Crippen LogP contribution in [-0.4, -0.2) is 20.9 Å². The lowest BCUT2D eigenvalue weighted by atomic mass is 10.2. The van der Waals surface area contributed by atoms with Crippen LogP contribution in [0.1, 0.15) is 16.1 Å². The Morgan fingerprint density at radius 3 is 2.74 bits per heavy atom. The van der Waals surface area contributed by atoms with E-state index in [1.165, 1.54) is 0 Å². The number of nitrogens with one attached hydrogen (secondary N) is 1. The van der Waals surface area contributed by atoms with Gasteiger partial charge in [0.2, 0.25) is 0 Å². The third-order valence-corrected chi connectivity index (χ3v) is 3.94. The Morgan fingerprint density at radius 2 is 2.00 bits per heavy atom. The molecule has 2 aromatic carbocycles. The molecule has 116 valence electrons. The third kappa shape index (κ3) is 3.97.